The van der Waals surface area contributed by atoms with Crippen molar-refractivity contribution in [3.8, 4) is 0 Å². The Bertz CT molecular complexity index is 1230. The van der Waals surface area contributed by atoms with Crippen LogP contribution in [0.25, 0.3) is 0 Å². The van der Waals surface area contributed by atoms with Gasteiger partial charge >= 0.3 is 5.97 Å². The zero-order valence-electron chi connectivity index (χ0n) is 18.8. The molecule has 1 aliphatic carbocycles. The molecule has 0 spiro atoms. The van der Waals surface area contributed by atoms with Gasteiger partial charge in [0.25, 0.3) is 11.9 Å². The highest BCUT2D eigenvalue weighted by Gasteiger charge is 2.25. The summed E-state index contributed by atoms with van der Waals surface area (Å²) >= 11 is 0. The third-order valence-electron chi connectivity index (χ3n) is 5.98. The maximum absolute atomic E-state index is 13.8. The summed E-state index contributed by atoms with van der Waals surface area (Å²) in [6.45, 7) is 0. The number of aromatic nitrogens is 2. The third kappa shape index (κ3) is 5.97. The molecule has 0 bridgehead atoms. The van der Waals surface area contributed by atoms with E-state index in [1.54, 1.807) is 18.3 Å². The van der Waals surface area contributed by atoms with E-state index in [0.29, 0.717) is 30.2 Å². The van der Waals surface area contributed by atoms with Gasteiger partial charge < -0.3 is 19.8 Å². The fraction of sp³-hybridized carbons (Fsp3) is 0.333. The van der Waals surface area contributed by atoms with E-state index in [2.05, 4.69) is 20.6 Å². The number of pyridine rings is 1. The largest absolute Gasteiger partial charge is 0.469 e. The molecule has 2 aromatic heterocycles. The number of nitrogens with zero attached hydrogens (tertiary/aromatic N) is 2. The molecule has 2 heterocycles. The Hall–Kier alpha value is -3.89. The number of benzene rings is 1. The van der Waals surface area contributed by atoms with Gasteiger partial charge in [0.15, 0.2) is 17.3 Å². The molecule has 1 fully saturated rings. The average molecular weight is 488 g/mol. The van der Waals surface area contributed by atoms with Gasteiger partial charge in [-0.05, 0) is 43.7 Å². The van der Waals surface area contributed by atoms with Crippen molar-refractivity contribution in [3.05, 3.63) is 65.6 Å². The van der Waals surface area contributed by atoms with Crippen LogP contribution in [-0.4, -0.2) is 29.0 Å². The molecule has 184 valence electrons. The van der Waals surface area contributed by atoms with Crippen LogP contribution in [0.1, 0.15) is 54.2 Å². The number of halogens is 3. The molecule has 11 heteroatoms. The highest BCUT2D eigenvalue weighted by Crippen LogP contribution is 2.37. The fourth-order valence-corrected chi connectivity index (χ4v) is 4.09. The molecule has 1 saturated carbocycles. The topological polar surface area (TPSA) is 106 Å². The van der Waals surface area contributed by atoms with E-state index >= 15 is 0 Å². The van der Waals surface area contributed by atoms with Gasteiger partial charge in [-0.25, -0.2) is 13.2 Å². The highest BCUT2D eigenvalue weighted by atomic mass is 19.2. The van der Waals surface area contributed by atoms with Gasteiger partial charge in [-0.1, -0.05) is 0 Å². The van der Waals surface area contributed by atoms with Crippen LogP contribution in [-0.2, 0) is 9.53 Å². The number of hydrogen-bond donors (Lipinski definition) is 2. The number of oxazole rings is 1. The van der Waals surface area contributed by atoms with Crippen molar-refractivity contribution in [1.29, 1.82) is 0 Å². The Morgan fingerprint density at radius 3 is 2.57 bits per heavy atom. The van der Waals surface area contributed by atoms with Crippen molar-refractivity contribution < 1.29 is 31.9 Å². The predicted octanol–water partition coefficient (Wildman–Crippen LogP) is 5.32. The lowest BCUT2D eigenvalue weighted by molar-refractivity contribution is -0.142. The maximum atomic E-state index is 13.8. The number of esters is 1. The van der Waals surface area contributed by atoms with E-state index in [9.17, 15) is 22.8 Å². The Balaban J connectivity index is 1.36. The smallest absolute Gasteiger partial charge is 0.305 e. The molecule has 8 nitrogen and oxygen atoms in total. The molecule has 0 radical (unpaired) electrons. The average Bonchev–Trinajstić information content (AvgIpc) is 3.32. The SMILES string of the molecule is COC(=O)C[C@H]1CC[C@H](c2cc(NC(=O)c3coc(Nc4cc(F)c(F)cc4F)n3)ccn2)CC1. The second kappa shape index (κ2) is 10.6. The zero-order chi connectivity index (χ0) is 24.9. The van der Waals surface area contributed by atoms with Gasteiger partial charge in [-0.3, -0.25) is 14.6 Å². The molecule has 0 atom stereocenters. The monoisotopic (exact) mass is 488 g/mol. The Morgan fingerprint density at radius 1 is 1.09 bits per heavy atom. The number of carbonyl (C=O) groups excluding carboxylic acids is 2. The quantitative estimate of drug-likeness (QED) is 0.342. The summed E-state index contributed by atoms with van der Waals surface area (Å²) in [6, 6.07) is 4.18. The molecule has 35 heavy (non-hydrogen) atoms. The van der Waals surface area contributed by atoms with Crippen LogP contribution in [0.3, 0.4) is 0 Å². The van der Waals surface area contributed by atoms with E-state index in [4.69, 9.17) is 9.15 Å². The van der Waals surface area contributed by atoms with Crippen LogP contribution in [0.4, 0.5) is 30.6 Å². The van der Waals surface area contributed by atoms with Crippen LogP contribution in [0.15, 0.2) is 41.1 Å². The second-order valence-corrected chi connectivity index (χ2v) is 8.33. The molecule has 0 unspecified atom stereocenters. The summed E-state index contributed by atoms with van der Waals surface area (Å²) in [4.78, 5) is 32.4. The minimum Gasteiger partial charge on any atom is -0.469 e. The van der Waals surface area contributed by atoms with Gasteiger partial charge in [0.2, 0.25) is 0 Å². The number of methoxy groups -OCH3 is 1. The molecular formula is C24H23F3N4O4. The number of amides is 1. The summed E-state index contributed by atoms with van der Waals surface area (Å²) in [6.07, 6.45) is 6.63. The van der Waals surface area contributed by atoms with Crippen molar-refractivity contribution in [2.75, 3.05) is 17.7 Å². The van der Waals surface area contributed by atoms with Crippen molar-refractivity contribution in [3.63, 3.8) is 0 Å². The molecule has 0 saturated heterocycles. The fourth-order valence-electron chi connectivity index (χ4n) is 4.09. The first kappa shape index (κ1) is 24.2. The van der Waals surface area contributed by atoms with Crippen molar-refractivity contribution in [2.24, 2.45) is 5.92 Å². The normalized spacial score (nSPS) is 17.6. The van der Waals surface area contributed by atoms with Crippen LogP contribution >= 0.6 is 0 Å². The third-order valence-corrected chi connectivity index (χ3v) is 5.98. The number of rotatable bonds is 7. The Morgan fingerprint density at radius 2 is 1.83 bits per heavy atom. The number of nitrogens with one attached hydrogen (secondary N) is 2. The molecule has 3 aromatic rings. The summed E-state index contributed by atoms with van der Waals surface area (Å²) in [5.74, 6) is -3.87. The van der Waals surface area contributed by atoms with Crippen molar-refractivity contribution in [2.45, 2.75) is 38.0 Å². The molecule has 1 aromatic carbocycles. The molecular weight excluding hydrogens is 465 g/mol. The van der Waals surface area contributed by atoms with Crippen LogP contribution in [0.2, 0.25) is 0 Å². The van der Waals surface area contributed by atoms with E-state index in [1.807, 2.05) is 0 Å². The highest BCUT2D eigenvalue weighted by molar-refractivity contribution is 6.02. The molecule has 4 rings (SSSR count). The molecule has 1 amide bonds. The van der Waals surface area contributed by atoms with Gasteiger partial charge in [0, 0.05) is 42.0 Å². The molecule has 0 aliphatic heterocycles. The summed E-state index contributed by atoms with van der Waals surface area (Å²) in [7, 11) is 1.39. The van der Waals surface area contributed by atoms with E-state index < -0.39 is 29.0 Å². The molecule has 2 N–H and O–H groups in total. The summed E-state index contributed by atoms with van der Waals surface area (Å²) in [5, 5.41) is 5.08. The first-order valence-electron chi connectivity index (χ1n) is 11.0. The Kier molecular flexibility index (Phi) is 7.33. The predicted molar refractivity (Wildman–Crippen MR) is 120 cm³/mol. The summed E-state index contributed by atoms with van der Waals surface area (Å²) in [5.41, 5.74) is 0.867. The lowest BCUT2D eigenvalue weighted by atomic mass is 9.79. The van der Waals surface area contributed by atoms with E-state index in [1.165, 1.54) is 7.11 Å². The maximum Gasteiger partial charge on any atom is 0.305 e. The first-order valence-corrected chi connectivity index (χ1v) is 11.0. The van der Waals surface area contributed by atoms with Gasteiger partial charge in [0.05, 0.1) is 12.8 Å². The zero-order valence-corrected chi connectivity index (χ0v) is 18.8. The Labute approximate surface area is 198 Å². The summed E-state index contributed by atoms with van der Waals surface area (Å²) < 4.78 is 50.1. The van der Waals surface area contributed by atoms with Gasteiger partial charge in [-0.15, -0.1) is 0 Å². The minimum absolute atomic E-state index is 0.0998. The number of ether oxygens (including phenoxy) is 1. The lowest BCUT2D eigenvalue weighted by Gasteiger charge is -2.27. The van der Waals surface area contributed by atoms with E-state index in [0.717, 1.165) is 37.6 Å². The van der Waals surface area contributed by atoms with Crippen molar-refractivity contribution in [1.82, 2.24) is 9.97 Å². The van der Waals surface area contributed by atoms with Crippen LogP contribution in [0, 0.1) is 23.4 Å². The first-order chi connectivity index (χ1) is 16.8. The minimum atomic E-state index is -1.33. The number of carbonyl (C=O) groups is 2. The standard InChI is InChI=1S/C24H23F3N4O4/c1-34-22(32)8-13-2-4-14(5-3-13)19-9-15(6-7-28-19)29-23(33)21-12-35-24(31-21)30-20-11-17(26)16(25)10-18(20)27/h6-7,9-14H,2-5,8H2,1H3,(H,30,31)(H,28,29,33)/t13-,14-. The van der Waals surface area contributed by atoms with Gasteiger partial charge in [-0.2, -0.15) is 4.98 Å². The molecule has 1 aliphatic rings. The van der Waals surface area contributed by atoms with E-state index in [-0.39, 0.29) is 23.6 Å². The van der Waals surface area contributed by atoms with Crippen LogP contribution in [0.5, 0.6) is 0 Å². The second-order valence-electron chi connectivity index (χ2n) is 8.33. The number of hydrogen-bond acceptors (Lipinski definition) is 7. The van der Waals surface area contributed by atoms with Crippen LogP contribution < -0.4 is 10.6 Å². The van der Waals surface area contributed by atoms with Crippen molar-refractivity contribution >= 4 is 29.3 Å². The van der Waals surface area contributed by atoms with Gasteiger partial charge in [0.1, 0.15) is 12.1 Å². The lowest BCUT2D eigenvalue weighted by Crippen LogP contribution is -2.18. The number of anilines is 3.